The van der Waals surface area contributed by atoms with Crippen molar-refractivity contribution in [1.82, 2.24) is 20.4 Å². The lowest BCUT2D eigenvalue weighted by molar-refractivity contribution is -0.133. The number of carbonyl (C=O) groups excluding carboxylic acids is 2. The standard InChI is InChI=1S/C30H40ClIN4O2/c1-2-22(23-9-5-3-6-10-23)21-36-18-13-25(20-33-29(37)24-11-12-26(31)27(32)19-24)34-28(30(36)38)14-17-35-15-7-4-8-16-35/h3,5-6,9-12,19,22,25,28,34H,2,4,7-8,13-18,20-21H2,1H3,(H,33,37)/t22-,25-,28-/m0/s1. The SMILES string of the molecule is CC[C@@H](CN1CC[C@@H](CNC(=O)c2ccc(Cl)c(I)c2)N[C@@H](CCN2CCCCC2)C1=O)c1ccccc1. The van der Waals surface area contributed by atoms with Crippen LogP contribution in [-0.2, 0) is 4.79 Å². The lowest BCUT2D eigenvalue weighted by atomic mass is 9.95. The molecule has 206 valence electrons. The molecule has 0 radical (unpaired) electrons. The Hall–Kier alpha value is -1.68. The molecule has 0 aliphatic carbocycles. The molecule has 38 heavy (non-hydrogen) atoms. The molecule has 4 rings (SSSR count). The number of halogens is 2. The lowest BCUT2D eigenvalue weighted by Gasteiger charge is -2.31. The molecule has 3 atom stereocenters. The minimum absolute atomic E-state index is 0.0300. The second kappa shape index (κ2) is 14.6. The summed E-state index contributed by atoms with van der Waals surface area (Å²) in [7, 11) is 0. The minimum Gasteiger partial charge on any atom is -0.350 e. The molecule has 2 saturated heterocycles. The van der Waals surface area contributed by atoms with Gasteiger partial charge in [-0.2, -0.15) is 0 Å². The van der Waals surface area contributed by atoms with Crippen LogP contribution in [-0.4, -0.2) is 73.0 Å². The van der Waals surface area contributed by atoms with E-state index in [2.05, 4.69) is 74.2 Å². The van der Waals surface area contributed by atoms with Crippen LogP contribution in [0.4, 0.5) is 0 Å². The van der Waals surface area contributed by atoms with Gasteiger partial charge in [0.15, 0.2) is 0 Å². The number of hydrogen-bond donors (Lipinski definition) is 2. The minimum atomic E-state index is -0.244. The lowest BCUT2D eigenvalue weighted by Crippen LogP contribution is -2.50. The molecule has 6 nitrogen and oxygen atoms in total. The van der Waals surface area contributed by atoms with Gasteiger partial charge in [0.2, 0.25) is 5.91 Å². The van der Waals surface area contributed by atoms with Crippen LogP contribution in [0.3, 0.4) is 0 Å². The molecule has 0 saturated carbocycles. The zero-order valence-corrected chi connectivity index (χ0v) is 25.2. The molecule has 0 spiro atoms. The highest BCUT2D eigenvalue weighted by molar-refractivity contribution is 14.1. The van der Waals surface area contributed by atoms with E-state index in [-0.39, 0.29) is 23.9 Å². The fraction of sp³-hybridized carbons (Fsp3) is 0.533. The number of hydrogen-bond acceptors (Lipinski definition) is 4. The van der Waals surface area contributed by atoms with Gasteiger partial charge < -0.3 is 20.4 Å². The first-order valence-electron chi connectivity index (χ1n) is 14.0. The Balaban J connectivity index is 1.43. The van der Waals surface area contributed by atoms with Gasteiger partial charge in [-0.05, 0) is 91.5 Å². The van der Waals surface area contributed by atoms with E-state index < -0.39 is 0 Å². The highest BCUT2D eigenvalue weighted by Crippen LogP contribution is 2.23. The summed E-state index contributed by atoms with van der Waals surface area (Å²) in [4.78, 5) is 31.2. The van der Waals surface area contributed by atoms with Crippen molar-refractivity contribution >= 4 is 46.0 Å². The number of nitrogens with zero attached hydrogens (tertiary/aromatic N) is 2. The Labute approximate surface area is 246 Å². The smallest absolute Gasteiger partial charge is 0.251 e. The van der Waals surface area contributed by atoms with Crippen LogP contribution in [0.1, 0.15) is 67.3 Å². The molecule has 2 amide bonds. The van der Waals surface area contributed by atoms with E-state index in [0.717, 1.165) is 49.0 Å². The number of rotatable bonds is 10. The van der Waals surface area contributed by atoms with Crippen LogP contribution in [0.5, 0.6) is 0 Å². The van der Waals surface area contributed by atoms with Crippen molar-refractivity contribution in [2.75, 3.05) is 39.3 Å². The Morgan fingerprint density at radius 3 is 2.61 bits per heavy atom. The van der Waals surface area contributed by atoms with E-state index in [4.69, 9.17) is 11.6 Å². The van der Waals surface area contributed by atoms with Gasteiger partial charge in [-0.25, -0.2) is 0 Å². The van der Waals surface area contributed by atoms with E-state index in [1.807, 2.05) is 6.07 Å². The monoisotopic (exact) mass is 650 g/mol. The van der Waals surface area contributed by atoms with Gasteiger partial charge >= 0.3 is 0 Å². The molecule has 2 aliphatic rings. The first-order valence-corrected chi connectivity index (χ1v) is 15.5. The second-order valence-electron chi connectivity index (χ2n) is 10.5. The number of likely N-dealkylation sites (tertiary alicyclic amines) is 1. The molecule has 2 aromatic rings. The molecule has 0 unspecified atom stereocenters. The third kappa shape index (κ3) is 8.16. The summed E-state index contributed by atoms with van der Waals surface area (Å²) < 4.78 is 0.854. The highest BCUT2D eigenvalue weighted by atomic mass is 127. The fourth-order valence-corrected chi connectivity index (χ4v) is 6.17. The quantitative estimate of drug-likeness (QED) is 0.343. The summed E-state index contributed by atoms with van der Waals surface area (Å²) in [5.41, 5.74) is 1.88. The normalized spacial score (nSPS) is 21.7. The van der Waals surface area contributed by atoms with Crippen molar-refractivity contribution < 1.29 is 9.59 Å². The van der Waals surface area contributed by atoms with Crippen LogP contribution in [0.2, 0.25) is 5.02 Å². The molecular formula is C30H40ClIN4O2. The molecule has 2 aliphatic heterocycles. The summed E-state index contributed by atoms with van der Waals surface area (Å²) in [5, 5.41) is 7.37. The highest BCUT2D eigenvalue weighted by Gasteiger charge is 2.32. The zero-order valence-electron chi connectivity index (χ0n) is 22.3. The molecular weight excluding hydrogens is 611 g/mol. The van der Waals surface area contributed by atoms with Gasteiger partial charge in [0.25, 0.3) is 5.91 Å². The van der Waals surface area contributed by atoms with E-state index in [1.54, 1.807) is 18.2 Å². The maximum absolute atomic E-state index is 13.8. The van der Waals surface area contributed by atoms with Gasteiger partial charge in [0, 0.05) is 47.3 Å². The second-order valence-corrected chi connectivity index (χ2v) is 12.1. The van der Waals surface area contributed by atoms with Crippen LogP contribution >= 0.6 is 34.2 Å². The summed E-state index contributed by atoms with van der Waals surface area (Å²) in [6, 6.07) is 15.6. The predicted octanol–water partition coefficient (Wildman–Crippen LogP) is 5.30. The van der Waals surface area contributed by atoms with Gasteiger partial charge in [0.05, 0.1) is 11.1 Å². The van der Waals surface area contributed by atoms with Crippen molar-refractivity contribution in [2.24, 2.45) is 0 Å². The molecule has 8 heteroatoms. The first-order chi connectivity index (χ1) is 18.4. The van der Waals surface area contributed by atoms with E-state index in [1.165, 1.54) is 24.8 Å². The zero-order chi connectivity index (χ0) is 26.9. The topological polar surface area (TPSA) is 64.7 Å². The number of carbonyl (C=O) groups is 2. The van der Waals surface area contributed by atoms with E-state index >= 15 is 0 Å². The largest absolute Gasteiger partial charge is 0.350 e. The molecule has 2 fully saturated rings. The summed E-state index contributed by atoms with van der Waals surface area (Å²) in [6.45, 7) is 7.26. The Morgan fingerprint density at radius 2 is 1.89 bits per heavy atom. The van der Waals surface area contributed by atoms with Crippen LogP contribution in [0.15, 0.2) is 48.5 Å². The van der Waals surface area contributed by atoms with Gasteiger partial charge in [-0.15, -0.1) is 0 Å². The maximum Gasteiger partial charge on any atom is 0.251 e. The number of nitrogens with one attached hydrogen (secondary N) is 2. The Morgan fingerprint density at radius 1 is 1.13 bits per heavy atom. The van der Waals surface area contributed by atoms with E-state index in [0.29, 0.717) is 29.6 Å². The Kier molecular flexibility index (Phi) is 11.3. The predicted molar refractivity (Wildman–Crippen MR) is 163 cm³/mol. The molecule has 2 N–H and O–H groups in total. The Bertz CT molecular complexity index is 1060. The summed E-state index contributed by atoms with van der Waals surface area (Å²) in [5.74, 6) is 0.387. The number of benzene rings is 2. The number of amides is 2. The van der Waals surface area contributed by atoms with Gasteiger partial charge in [-0.3, -0.25) is 9.59 Å². The first kappa shape index (κ1) is 29.3. The molecule has 2 heterocycles. The molecule has 2 aromatic carbocycles. The fourth-order valence-electron chi connectivity index (χ4n) is 5.54. The van der Waals surface area contributed by atoms with Crippen molar-refractivity contribution in [3.05, 3.63) is 68.3 Å². The summed E-state index contributed by atoms with van der Waals surface area (Å²) in [6.07, 6.45) is 6.36. The maximum atomic E-state index is 13.8. The number of piperidine rings is 1. The summed E-state index contributed by atoms with van der Waals surface area (Å²) >= 11 is 8.27. The average Bonchev–Trinajstić information content (AvgIpc) is 3.09. The third-order valence-electron chi connectivity index (χ3n) is 7.87. The third-order valence-corrected chi connectivity index (χ3v) is 9.41. The van der Waals surface area contributed by atoms with E-state index in [9.17, 15) is 9.59 Å². The van der Waals surface area contributed by atoms with Crippen molar-refractivity contribution in [1.29, 1.82) is 0 Å². The van der Waals surface area contributed by atoms with Crippen molar-refractivity contribution in [3.8, 4) is 0 Å². The van der Waals surface area contributed by atoms with Gasteiger partial charge in [0.1, 0.15) is 0 Å². The van der Waals surface area contributed by atoms with Crippen molar-refractivity contribution in [3.63, 3.8) is 0 Å². The molecule has 0 bridgehead atoms. The van der Waals surface area contributed by atoms with Crippen molar-refractivity contribution in [2.45, 2.75) is 63.5 Å². The van der Waals surface area contributed by atoms with Crippen LogP contribution in [0.25, 0.3) is 0 Å². The van der Waals surface area contributed by atoms with Gasteiger partial charge in [-0.1, -0.05) is 55.3 Å². The van der Waals surface area contributed by atoms with Crippen LogP contribution in [0, 0.1) is 3.57 Å². The van der Waals surface area contributed by atoms with Crippen LogP contribution < -0.4 is 10.6 Å². The average molecular weight is 651 g/mol. The molecule has 0 aromatic heterocycles.